The standard InChI is InChI=1S/C23H21NO5/c1-12-3-10-17(13(2)11-12)19-18(20(25)14-4-5-14)21(26)22(27)24(19)16-8-6-15(7-9-16)23(28)29/h3,6-11,14,19,26H,4-5H2,1-2H3,(H,28,29). The van der Waals surface area contributed by atoms with Crippen LogP contribution in [0.15, 0.2) is 53.8 Å². The number of anilines is 1. The van der Waals surface area contributed by atoms with Gasteiger partial charge in [-0.15, -0.1) is 0 Å². The first kappa shape index (κ1) is 18.9. The average Bonchev–Trinajstić information content (AvgIpc) is 3.49. The molecule has 2 N–H and O–H groups in total. The van der Waals surface area contributed by atoms with Gasteiger partial charge in [0.05, 0.1) is 17.2 Å². The molecule has 1 atom stereocenters. The molecule has 1 fully saturated rings. The fourth-order valence-corrected chi connectivity index (χ4v) is 3.88. The zero-order valence-electron chi connectivity index (χ0n) is 16.2. The number of Topliss-reactive ketones (excluding diaryl/α,β-unsaturated/α-hetero) is 1. The molecule has 0 saturated heterocycles. The van der Waals surface area contributed by atoms with E-state index in [4.69, 9.17) is 5.11 Å². The number of aliphatic hydroxyl groups excluding tert-OH is 1. The number of hydrogen-bond donors (Lipinski definition) is 2. The van der Waals surface area contributed by atoms with E-state index in [1.807, 2.05) is 32.0 Å². The second kappa shape index (κ2) is 6.88. The van der Waals surface area contributed by atoms with Crippen molar-refractivity contribution in [2.45, 2.75) is 32.7 Å². The molecule has 1 aliphatic heterocycles. The fraction of sp³-hybridized carbons (Fsp3) is 0.261. The van der Waals surface area contributed by atoms with E-state index in [-0.39, 0.29) is 22.8 Å². The summed E-state index contributed by atoms with van der Waals surface area (Å²) < 4.78 is 0. The minimum Gasteiger partial charge on any atom is -0.503 e. The van der Waals surface area contributed by atoms with Crippen molar-refractivity contribution in [2.75, 3.05) is 4.90 Å². The molecule has 0 bridgehead atoms. The minimum absolute atomic E-state index is 0.0925. The van der Waals surface area contributed by atoms with Crippen LogP contribution < -0.4 is 4.90 Å². The number of rotatable bonds is 5. The normalized spacial score (nSPS) is 19.0. The summed E-state index contributed by atoms with van der Waals surface area (Å²) in [7, 11) is 0. The first-order chi connectivity index (χ1) is 13.8. The van der Waals surface area contributed by atoms with Crippen LogP contribution in [0.1, 0.15) is 45.9 Å². The molecule has 1 unspecified atom stereocenters. The van der Waals surface area contributed by atoms with Gasteiger partial charge in [0.25, 0.3) is 5.91 Å². The van der Waals surface area contributed by atoms with Crippen molar-refractivity contribution >= 4 is 23.3 Å². The van der Waals surface area contributed by atoms with Crippen LogP contribution in [-0.2, 0) is 9.59 Å². The molecular formula is C23H21NO5. The molecule has 148 valence electrons. The highest BCUT2D eigenvalue weighted by Gasteiger charge is 2.48. The molecule has 6 heteroatoms. The van der Waals surface area contributed by atoms with E-state index in [1.54, 1.807) is 0 Å². The molecule has 4 rings (SSSR count). The maximum Gasteiger partial charge on any atom is 0.335 e. The third-order valence-electron chi connectivity index (χ3n) is 5.53. The second-order valence-electron chi connectivity index (χ2n) is 7.69. The number of carbonyl (C=O) groups excluding carboxylic acids is 2. The number of aryl methyl sites for hydroxylation is 2. The lowest BCUT2D eigenvalue weighted by Gasteiger charge is -2.28. The molecule has 2 aromatic carbocycles. The van der Waals surface area contributed by atoms with E-state index in [2.05, 4.69) is 0 Å². The van der Waals surface area contributed by atoms with Crippen molar-refractivity contribution in [1.29, 1.82) is 0 Å². The Morgan fingerprint density at radius 1 is 1.03 bits per heavy atom. The van der Waals surface area contributed by atoms with Crippen molar-refractivity contribution in [3.63, 3.8) is 0 Å². The molecule has 1 heterocycles. The summed E-state index contributed by atoms with van der Waals surface area (Å²) in [5.74, 6) is -2.58. The first-order valence-corrected chi connectivity index (χ1v) is 9.51. The van der Waals surface area contributed by atoms with Gasteiger partial charge in [-0.2, -0.15) is 0 Å². The minimum atomic E-state index is -1.07. The van der Waals surface area contributed by atoms with Gasteiger partial charge in [-0.25, -0.2) is 4.79 Å². The number of carbonyl (C=O) groups is 3. The van der Waals surface area contributed by atoms with Crippen molar-refractivity contribution in [2.24, 2.45) is 5.92 Å². The molecule has 6 nitrogen and oxygen atoms in total. The smallest absolute Gasteiger partial charge is 0.335 e. The van der Waals surface area contributed by atoms with Crippen LogP contribution in [0.4, 0.5) is 5.69 Å². The van der Waals surface area contributed by atoms with Crippen LogP contribution in [-0.4, -0.2) is 27.9 Å². The number of carboxylic acids is 1. The van der Waals surface area contributed by atoms with E-state index in [9.17, 15) is 19.5 Å². The molecule has 0 spiro atoms. The first-order valence-electron chi connectivity index (χ1n) is 9.51. The van der Waals surface area contributed by atoms with Gasteiger partial charge in [0.2, 0.25) is 0 Å². The Kier molecular flexibility index (Phi) is 4.49. The van der Waals surface area contributed by atoms with Gasteiger partial charge in [0, 0.05) is 11.6 Å². The molecular weight excluding hydrogens is 370 g/mol. The van der Waals surface area contributed by atoms with E-state index in [1.165, 1.54) is 29.2 Å². The summed E-state index contributed by atoms with van der Waals surface area (Å²) in [4.78, 5) is 38.5. The van der Waals surface area contributed by atoms with E-state index in [0.717, 1.165) is 29.5 Å². The topological polar surface area (TPSA) is 94.9 Å². The SMILES string of the molecule is Cc1ccc(C2C(C(=O)C3CC3)=C(O)C(=O)N2c2ccc(C(=O)O)cc2)c(C)c1. The molecule has 1 amide bonds. The number of hydrogen-bond acceptors (Lipinski definition) is 4. The molecule has 29 heavy (non-hydrogen) atoms. The number of nitrogens with zero attached hydrogens (tertiary/aromatic N) is 1. The summed E-state index contributed by atoms with van der Waals surface area (Å²) in [6.07, 6.45) is 1.52. The summed E-state index contributed by atoms with van der Waals surface area (Å²) in [5.41, 5.74) is 3.37. The van der Waals surface area contributed by atoms with Crippen molar-refractivity contribution in [3.05, 3.63) is 76.1 Å². The summed E-state index contributed by atoms with van der Waals surface area (Å²) in [6.45, 7) is 3.87. The second-order valence-corrected chi connectivity index (χ2v) is 7.69. The van der Waals surface area contributed by atoms with E-state index in [0.29, 0.717) is 5.69 Å². The zero-order valence-corrected chi connectivity index (χ0v) is 16.2. The Labute approximate surface area is 168 Å². The van der Waals surface area contributed by atoms with E-state index < -0.39 is 23.7 Å². The van der Waals surface area contributed by atoms with Crippen molar-refractivity contribution in [1.82, 2.24) is 0 Å². The number of benzene rings is 2. The Hall–Kier alpha value is -3.41. The van der Waals surface area contributed by atoms with Crippen molar-refractivity contribution < 1.29 is 24.6 Å². The number of carboxylic acid groups (broad SMARTS) is 1. The summed E-state index contributed by atoms with van der Waals surface area (Å²) in [6, 6.07) is 10.9. The predicted molar refractivity (Wildman–Crippen MR) is 107 cm³/mol. The summed E-state index contributed by atoms with van der Waals surface area (Å²) in [5, 5.41) is 19.8. The average molecular weight is 391 g/mol. The van der Waals surface area contributed by atoms with Crippen molar-refractivity contribution in [3.8, 4) is 0 Å². The molecule has 0 aromatic heterocycles. The predicted octanol–water partition coefficient (Wildman–Crippen LogP) is 3.88. The van der Waals surface area contributed by atoms with Crippen LogP contribution >= 0.6 is 0 Å². The molecule has 2 aromatic rings. The maximum absolute atomic E-state index is 13.0. The Balaban J connectivity index is 1.86. The maximum atomic E-state index is 13.0. The quantitative estimate of drug-likeness (QED) is 0.807. The van der Waals surface area contributed by atoms with Gasteiger partial charge >= 0.3 is 5.97 Å². The Bertz CT molecular complexity index is 1060. The third kappa shape index (κ3) is 3.20. The van der Waals surface area contributed by atoms with Gasteiger partial charge in [0.15, 0.2) is 11.5 Å². The third-order valence-corrected chi connectivity index (χ3v) is 5.53. The summed E-state index contributed by atoms with van der Waals surface area (Å²) >= 11 is 0. The number of amides is 1. The number of aromatic carboxylic acids is 1. The fourth-order valence-electron chi connectivity index (χ4n) is 3.88. The zero-order chi connectivity index (χ0) is 20.9. The Morgan fingerprint density at radius 2 is 1.69 bits per heavy atom. The van der Waals surface area contributed by atoms with Crippen LogP contribution in [0.3, 0.4) is 0 Å². The highest BCUT2D eigenvalue weighted by Crippen LogP contribution is 2.45. The Morgan fingerprint density at radius 3 is 2.24 bits per heavy atom. The van der Waals surface area contributed by atoms with Crippen LogP contribution in [0.25, 0.3) is 0 Å². The lowest BCUT2D eigenvalue weighted by Crippen LogP contribution is -2.31. The lowest BCUT2D eigenvalue weighted by atomic mass is 9.90. The van der Waals surface area contributed by atoms with Gasteiger partial charge < -0.3 is 10.2 Å². The van der Waals surface area contributed by atoms with Gasteiger partial charge in [-0.05, 0) is 62.1 Å². The molecule has 1 aliphatic carbocycles. The number of ketones is 1. The van der Waals surface area contributed by atoms with Gasteiger partial charge in [0.1, 0.15) is 0 Å². The number of aliphatic hydroxyl groups is 1. The highest BCUT2D eigenvalue weighted by molar-refractivity contribution is 6.17. The van der Waals surface area contributed by atoms with Gasteiger partial charge in [-0.1, -0.05) is 23.8 Å². The molecule has 1 saturated carbocycles. The van der Waals surface area contributed by atoms with Gasteiger partial charge in [-0.3, -0.25) is 14.5 Å². The lowest BCUT2D eigenvalue weighted by molar-refractivity contribution is -0.118. The molecule has 0 radical (unpaired) electrons. The van der Waals surface area contributed by atoms with Crippen LogP contribution in [0.2, 0.25) is 0 Å². The van der Waals surface area contributed by atoms with E-state index >= 15 is 0 Å². The van der Waals surface area contributed by atoms with Crippen LogP contribution in [0.5, 0.6) is 0 Å². The highest BCUT2D eigenvalue weighted by atomic mass is 16.4. The van der Waals surface area contributed by atoms with Crippen LogP contribution in [0, 0.1) is 19.8 Å². The monoisotopic (exact) mass is 391 g/mol. The largest absolute Gasteiger partial charge is 0.503 e. The molecule has 2 aliphatic rings.